The Balaban J connectivity index is 2.13. The molecule has 19 heavy (non-hydrogen) atoms. The van der Waals surface area contributed by atoms with E-state index in [0.717, 1.165) is 18.4 Å². The lowest BCUT2D eigenvalue weighted by Gasteiger charge is -2.21. The van der Waals surface area contributed by atoms with Crippen LogP contribution >= 0.6 is 0 Å². The molecule has 1 aliphatic rings. The van der Waals surface area contributed by atoms with E-state index in [-0.39, 0.29) is 11.5 Å². The van der Waals surface area contributed by atoms with Crippen molar-refractivity contribution in [1.29, 1.82) is 5.26 Å². The Bertz CT molecular complexity index is 515. The van der Waals surface area contributed by atoms with Gasteiger partial charge in [0.25, 0.3) is 0 Å². The van der Waals surface area contributed by atoms with E-state index in [2.05, 4.69) is 11.0 Å². The van der Waals surface area contributed by atoms with Gasteiger partial charge in [-0.1, -0.05) is 0 Å². The van der Waals surface area contributed by atoms with Crippen molar-refractivity contribution in [3.63, 3.8) is 0 Å². The standard InChI is InChI=1S/C15H18N2O2/c1-11(18)12-3-6-15(19)13(9-12)10-17(8-2-7-16)14-4-5-14/h3,6,9,14,19H,2,4-5,8,10H2,1H3. The van der Waals surface area contributed by atoms with Crippen molar-refractivity contribution in [1.82, 2.24) is 4.90 Å². The summed E-state index contributed by atoms with van der Waals surface area (Å²) < 4.78 is 0. The number of nitriles is 1. The van der Waals surface area contributed by atoms with Gasteiger partial charge in [0.1, 0.15) is 5.75 Å². The monoisotopic (exact) mass is 258 g/mol. The largest absolute Gasteiger partial charge is 0.508 e. The third kappa shape index (κ3) is 3.55. The summed E-state index contributed by atoms with van der Waals surface area (Å²) in [6.07, 6.45) is 2.79. The smallest absolute Gasteiger partial charge is 0.159 e. The molecule has 0 unspecified atom stereocenters. The van der Waals surface area contributed by atoms with E-state index in [0.29, 0.717) is 31.1 Å². The van der Waals surface area contributed by atoms with E-state index in [1.54, 1.807) is 18.2 Å². The second-order valence-corrected chi connectivity index (χ2v) is 5.01. The maximum atomic E-state index is 11.4. The minimum Gasteiger partial charge on any atom is -0.508 e. The molecule has 0 heterocycles. The molecule has 1 saturated carbocycles. The van der Waals surface area contributed by atoms with Gasteiger partial charge in [-0.25, -0.2) is 0 Å². The molecule has 0 aliphatic heterocycles. The van der Waals surface area contributed by atoms with Crippen LogP contribution in [0.15, 0.2) is 18.2 Å². The number of ketones is 1. The molecule has 4 nitrogen and oxygen atoms in total. The minimum absolute atomic E-state index is 0.00348. The topological polar surface area (TPSA) is 64.3 Å². The number of nitrogens with zero attached hydrogens (tertiary/aromatic N) is 2. The van der Waals surface area contributed by atoms with Crippen LogP contribution in [-0.4, -0.2) is 28.4 Å². The Labute approximate surface area is 113 Å². The summed E-state index contributed by atoms with van der Waals surface area (Å²) in [6.45, 7) is 2.83. The van der Waals surface area contributed by atoms with Crippen LogP contribution in [0.3, 0.4) is 0 Å². The van der Waals surface area contributed by atoms with E-state index in [1.807, 2.05) is 0 Å². The van der Waals surface area contributed by atoms with Crippen molar-refractivity contribution in [2.45, 2.75) is 38.8 Å². The zero-order valence-electron chi connectivity index (χ0n) is 11.1. The van der Waals surface area contributed by atoms with Crippen LogP contribution < -0.4 is 0 Å². The summed E-state index contributed by atoms with van der Waals surface area (Å²) in [5.74, 6) is 0.212. The first-order valence-corrected chi connectivity index (χ1v) is 6.55. The van der Waals surface area contributed by atoms with E-state index in [4.69, 9.17) is 5.26 Å². The zero-order chi connectivity index (χ0) is 13.8. The lowest BCUT2D eigenvalue weighted by Crippen LogP contribution is -2.26. The lowest BCUT2D eigenvalue weighted by molar-refractivity contribution is 0.101. The lowest BCUT2D eigenvalue weighted by atomic mass is 10.1. The number of hydrogen-bond donors (Lipinski definition) is 1. The Kier molecular flexibility index (Phi) is 4.18. The first-order valence-electron chi connectivity index (χ1n) is 6.55. The van der Waals surface area contributed by atoms with Gasteiger partial charge in [-0.15, -0.1) is 0 Å². The minimum atomic E-state index is -0.00348. The van der Waals surface area contributed by atoms with Crippen molar-refractivity contribution in [3.05, 3.63) is 29.3 Å². The number of Topliss-reactive ketones (excluding diaryl/α,β-unsaturated/α-hetero) is 1. The third-order valence-corrected chi connectivity index (χ3v) is 3.43. The van der Waals surface area contributed by atoms with Gasteiger partial charge in [-0.3, -0.25) is 9.69 Å². The van der Waals surface area contributed by atoms with Gasteiger partial charge in [-0.05, 0) is 38.0 Å². The molecule has 4 heteroatoms. The molecule has 100 valence electrons. The molecule has 2 rings (SSSR count). The number of carbonyl (C=O) groups is 1. The zero-order valence-corrected chi connectivity index (χ0v) is 11.1. The highest BCUT2D eigenvalue weighted by atomic mass is 16.3. The van der Waals surface area contributed by atoms with Crippen molar-refractivity contribution >= 4 is 5.78 Å². The van der Waals surface area contributed by atoms with E-state index in [1.165, 1.54) is 6.92 Å². The molecule has 0 saturated heterocycles. The Morgan fingerprint density at radius 2 is 2.26 bits per heavy atom. The van der Waals surface area contributed by atoms with E-state index < -0.39 is 0 Å². The van der Waals surface area contributed by atoms with Gasteiger partial charge in [0.05, 0.1) is 6.07 Å². The first-order chi connectivity index (χ1) is 9.11. The number of rotatable bonds is 6. The number of phenolic OH excluding ortho intramolecular Hbond substituents is 1. The summed E-state index contributed by atoms with van der Waals surface area (Å²) in [7, 11) is 0. The molecular formula is C15H18N2O2. The van der Waals surface area contributed by atoms with Gasteiger partial charge in [0.2, 0.25) is 0 Å². The highest BCUT2D eigenvalue weighted by Crippen LogP contribution is 2.30. The molecule has 1 aromatic rings. The van der Waals surface area contributed by atoms with Crippen LogP contribution in [0.5, 0.6) is 5.75 Å². The Morgan fingerprint density at radius 1 is 1.53 bits per heavy atom. The van der Waals surface area contributed by atoms with E-state index >= 15 is 0 Å². The van der Waals surface area contributed by atoms with Crippen LogP contribution in [0.2, 0.25) is 0 Å². The summed E-state index contributed by atoms with van der Waals surface area (Å²) in [5, 5.41) is 18.6. The summed E-state index contributed by atoms with van der Waals surface area (Å²) in [5.41, 5.74) is 1.38. The number of benzene rings is 1. The maximum Gasteiger partial charge on any atom is 0.159 e. The van der Waals surface area contributed by atoms with Gasteiger partial charge in [0, 0.05) is 36.7 Å². The highest BCUT2D eigenvalue weighted by Gasteiger charge is 2.29. The van der Waals surface area contributed by atoms with Crippen molar-refractivity contribution in [2.75, 3.05) is 6.54 Å². The second kappa shape index (κ2) is 5.85. The molecule has 0 spiro atoms. The summed E-state index contributed by atoms with van der Waals surface area (Å²) in [6, 6.07) is 7.63. The molecule has 0 aromatic heterocycles. The quantitative estimate of drug-likeness (QED) is 0.796. The second-order valence-electron chi connectivity index (χ2n) is 5.01. The van der Waals surface area contributed by atoms with Gasteiger partial charge in [-0.2, -0.15) is 5.26 Å². The van der Waals surface area contributed by atoms with E-state index in [9.17, 15) is 9.90 Å². The molecular weight excluding hydrogens is 240 g/mol. The number of carbonyl (C=O) groups excluding carboxylic acids is 1. The fourth-order valence-electron chi connectivity index (χ4n) is 2.17. The Hall–Kier alpha value is -1.86. The first kappa shape index (κ1) is 13.6. The number of aromatic hydroxyl groups is 1. The fourth-order valence-corrected chi connectivity index (χ4v) is 2.17. The summed E-state index contributed by atoms with van der Waals surface area (Å²) in [4.78, 5) is 13.6. The molecule has 1 aliphatic carbocycles. The molecule has 0 radical (unpaired) electrons. The average Bonchev–Trinajstić information content (AvgIpc) is 3.20. The molecule has 1 fully saturated rings. The van der Waals surface area contributed by atoms with Crippen LogP contribution in [0.4, 0.5) is 0 Å². The molecule has 1 N–H and O–H groups in total. The normalized spacial score (nSPS) is 14.4. The predicted octanol–water partition coefficient (Wildman–Crippen LogP) is 2.47. The molecule has 0 amide bonds. The SMILES string of the molecule is CC(=O)c1ccc(O)c(CN(CCC#N)C2CC2)c1. The maximum absolute atomic E-state index is 11.4. The van der Waals surface area contributed by atoms with Crippen LogP contribution in [0, 0.1) is 11.3 Å². The van der Waals surface area contributed by atoms with Gasteiger partial charge >= 0.3 is 0 Å². The number of phenols is 1. The Morgan fingerprint density at radius 3 is 2.84 bits per heavy atom. The van der Waals surface area contributed by atoms with Gasteiger partial charge < -0.3 is 5.11 Å². The molecule has 0 atom stereocenters. The van der Waals surface area contributed by atoms with Crippen molar-refractivity contribution in [3.8, 4) is 11.8 Å². The number of hydrogen-bond acceptors (Lipinski definition) is 4. The van der Waals surface area contributed by atoms with Crippen LogP contribution in [0.1, 0.15) is 42.1 Å². The highest BCUT2D eigenvalue weighted by molar-refractivity contribution is 5.94. The van der Waals surface area contributed by atoms with Crippen molar-refractivity contribution < 1.29 is 9.90 Å². The predicted molar refractivity (Wildman–Crippen MR) is 71.8 cm³/mol. The van der Waals surface area contributed by atoms with Gasteiger partial charge in [0.15, 0.2) is 5.78 Å². The van der Waals surface area contributed by atoms with Crippen LogP contribution in [0.25, 0.3) is 0 Å². The third-order valence-electron chi connectivity index (χ3n) is 3.43. The van der Waals surface area contributed by atoms with Crippen molar-refractivity contribution in [2.24, 2.45) is 0 Å². The average molecular weight is 258 g/mol. The molecule has 0 bridgehead atoms. The molecule has 1 aromatic carbocycles. The summed E-state index contributed by atoms with van der Waals surface area (Å²) >= 11 is 0. The van der Waals surface area contributed by atoms with Crippen LogP contribution in [-0.2, 0) is 6.54 Å². The fraction of sp³-hybridized carbons (Fsp3) is 0.467.